The highest BCUT2D eigenvalue weighted by Crippen LogP contribution is 2.25. The number of pyridine rings is 1. The van der Waals surface area contributed by atoms with E-state index in [9.17, 15) is 4.79 Å². The third kappa shape index (κ3) is 3.57. The van der Waals surface area contributed by atoms with Crippen molar-refractivity contribution in [3.05, 3.63) is 83.1 Å². The summed E-state index contributed by atoms with van der Waals surface area (Å²) >= 11 is 3.42. The lowest BCUT2D eigenvalue weighted by atomic mass is 10.1. The van der Waals surface area contributed by atoms with Gasteiger partial charge in [-0.2, -0.15) is 0 Å². The smallest absolute Gasteiger partial charge is 0.256 e. The molecule has 0 unspecified atom stereocenters. The number of amides is 1. The Bertz CT molecular complexity index is 1100. The van der Waals surface area contributed by atoms with Crippen molar-refractivity contribution in [1.82, 2.24) is 9.38 Å². The Labute approximate surface area is 164 Å². The highest BCUT2D eigenvalue weighted by Gasteiger charge is 2.12. The molecule has 0 aliphatic carbocycles. The number of halogens is 1. The van der Waals surface area contributed by atoms with Crippen LogP contribution in [0.15, 0.2) is 77.5 Å². The SMILES string of the molecule is COc1ccc(Br)c(C(=O)Nc2cccc(-c3cn4ccccc4n3)c2)c1. The second kappa shape index (κ2) is 7.25. The fourth-order valence-electron chi connectivity index (χ4n) is 2.83. The van der Waals surface area contributed by atoms with E-state index in [0.717, 1.165) is 16.9 Å². The summed E-state index contributed by atoms with van der Waals surface area (Å²) in [6, 6.07) is 18.8. The maximum Gasteiger partial charge on any atom is 0.256 e. The fraction of sp³-hybridized carbons (Fsp3) is 0.0476. The predicted octanol–water partition coefficient (Wildman–Crippen LogP) is 5.02. The molecule has 0 saturated carbocycles. The van der Waals surface area contributed by atoms with Crippen LogP contribution in [0.5, 0.6) is 5.75 Å². The number of anilines is 1. The maximum absolute atomic E-state index is 12.7. The van der Waals surface area contributed by atoms with Gasteiger partial charge in [0.05, 0.1) is 18.4 Å². The number of nitrogens with one attached hydrogen (secondary N) is 1. The Morgan fingerprint density at radius 2 is 2.00 bits per heavy atom. The molecule has 0 radical (unpaired) electrons. The third-order valence-corrected chi connectivity index (χ3v) is 4.89. The number of imidazole rings is 1. The van der Waals surface area contributed by atoms with Crippen LogP contribution in [0, 0.1) is 0 Å². The molecule has 4 rings (SSSR count). The Hall–Kier alpha value is -3.12. The number of hydrogen-bond acceptors (Lipinski definition) is 3. The van der Waals surface area contributed by atoms with Gasteiger partial charge in [0.1, 0.15) is 11.4 Å². The van der Waals surface area contributed by atoms with Crippen LogP contribution < -0.4 is 10.1 Å². The van der Waals surface area contributed by atoms with Crippen LogP contribution in [-0.2, 0) is 0 Å². The van der Waals surface area contributed by atoms with Crippen LogP contribution in [0.4, 0.5) is 5.69 Å². The zero-order valence-electron chi connectivity index (χ0n) is 14.5. The maximum atomic E-state index is 12.7. The average Bonchev–Trinajstić information content (AvgIpc) is 3.13. The van der Waals surface area contributed by atoms with Gasteiger partial charge in [-0.3, -0.25) is 4.79 Å². The Balaban J connectivity index is 1.62. The van der Waals surface area contributed by atoms with Crippen molar-refractivity contribution in [2.24, 2.45) is 0 Å². The van der Waals surface area contributed by atoms with Gasteiger partial charge in [-0.15, -0.1) is 0 Å². The predicted molar refractivity (Wildman–Crippen MR) is 109 cm³/mol. The molecule has 2 aromatic heterocycles. The van der Waals surface area contributed by atoms with E-state index >= 15 is 0 Å². The largest absolute Gasteiger partial charge is 0.497 e. The second-order valence-corrected chi connectivity index (χ2v) is 6.83. The topological polar surface area (TPSA) is 55.6 Å². The van der Waals surface area contributed by atoms with E-state index in [2.05, 4.69) is 26.2 Å². The van der Waals surface area contributed by atoms with Crippen molar-refractivity contribution < 1.29 is 9.53 Å². The minimum Gasteiger partial charge on any atom is -0.497 e. The van der Waals surface area contributed by atoms with Crippen molar-refractivity contribution in [3.8, 4) is 17.0 Å². The highest BCUT2D eigenvalue weighted by molar-refractivity contribution is 9.10. The number of carbonyl (C=O) groups is 1. The van der Waals surface area contributed by atoms with Crippen LogP contribution in [0.1, 0.15) is 10.4 Å². The van der Waals surface area contributed by atoms with Gasteiger partial charge < -0.3 is 14.5 Å². The molecule has 1 N–H and O–H groups in total. The van der Waals surface area contributed by atoms with E-state index in [1.165, 1.54) is 0 Å². The van der Waals surface area contributed by atoms with Gasteiger partial charge in [-0.05, 0) is 58.4 Å². The quantitative estimate of drug-likeness (QED) is 0.502. The van der Waals surface area contributed by atoms with Crippen molar-refractivity contribution in [1.29, 1.82) is 0 Å². The normalized spacial score (nSPS) is 10.7. The van der Waals surface area contributed by atoms with E-state index in [4.69, 9.17) is 4.74 Å². The molecular weight excluding hydrogens is 406 g/mol. The summed E-state index contributed by atoms with van der Waals surface area (Å²) in [7, 11) is 1.57. The number of nitrogens with zero attached hydrogens (tertiary/aromatic N) is 2. The first-order valence-electron chi connectivity index (χ1n) is 8.33. The molecule has 5 nitrogen and oxygen atoms in total. The summed E-state index contributed by atoms with van der Waals surface area (Å²) in [6.45, 7) is 0. The van der Waals surface area contributed by atoms with E-state index < -0.39 is 0 Å². The summed E-state index contributed by atoms with van der Waals surface area (Å²) in [6.07, 6.45) is 3.92. The molecule has 1 amide bonds. The van der Waals surface area contributed by atoms with Crippen molar-refractivity contribution in [2.75, 3.05) is 12.4 Å². The molecule has 0 spiro atoms. The number of carbonyl (C=O) groups excluding carboxylic acids is 1. The lowest BCUT2D eigenvalue weighted by molar-refractivity contribution is 0.102. The van der Waals surface area contributed by atoms with Crippen LogP contribution in [0.25, 0.3) is 16.9 Å². The summed E-state index contributed by atoms with van der Waals surface area (Å²) in [5.74, 6) is 0.412. The lowest BCUT2D eigenvalue weighted by Crippen LogP contribution is -2.12. The summed E-state index contributed by atoms with van der Waals surface area (Å²) in [4.78, 5) is 17.3. The first-order valence-corrected chi connectivity index (χ1v) is 9.12. The van der Waals surface area contributed by atoms with Gasteiger partial charge in [0, 0.05) is 28.1 Å². The Kier molecular flexibility index (Phi) is 4.64. The fourth-order valence-corrected chi connectivity index (χ4v) is 3.26. The van der Waals surface area contributed by atoms with Gasteiger partial charge in [0.15, 0.2) is 0 Å². The van der Waals surface area contributed by atoms with Crippen molar-refractivity contribution >= 4 is 33.2 Å². The van der Waals surface area contributed by atoms with Crippen molar-refractivity contribution in [3.63, 3.8) is 0 Å². The van der Waals surface area contributed by atoms with Crippen LogP contribution in [0.2, 0.25) is 0 Å². The Morgan fingerprint density at radius 1 is 1.11 bits per heavy atom. The molecule has 0 fully saturated rings. The first kappa shape index (κ1) is 17.3. The molecule has 0 atom stereocenters. The van der Waals surface area contributed by atoms with Crippen molar-refractivity contribution in [2.45, 2.75) is 0 Å². The summed E-state index contributed by atoms with van der Waals surface area (Å²) in [5, 5.41) is 2.94. The minimum atomic E-state index is -0.215. The molecule has 2 heterocycles. The molecular formula is C21H16BrN3O2. The molecule has 6 heteroatoms. The second-order valence-electron chi connectivity index (χ2n) is 5.97. The summed E-state index contributed by atoms with van der Waals surface area (Å²) in [5.41, 5.74) is 3.86. The van der Waals surface area contributed by atoms with Crippen LogP contribution >= 0.6 is 15.9 Å². The highest BCUT2D eigenvalue weighted by atomic mass is 79.9. The number of aromatic nitrogens is 2. The standard InChI is InChI=1S/C21H16BrN3O2/c1-27-16-8-9-18(22)17(12-16)21(26)23-15-6-4-5-14(11-15)19-13-25-10-3-2-7-20(25)24-19/h2-13H,1H3,(H,23,26). The number of hydrogen-bond donors (Lipinski definition) is 1. The third-order valence-electron chi connectivity index (χ3n) is 4.20. The molecule has 0 saturated heterocycles. The van der Waals surface area contributed by atoms with Gasteiger partial charge in [-0.1, -0.05) is 18.2 Å². The number of methoxy groups -OCH3 is 1. The lowest BCUT2D eigenvalue weighted by Gasteiger charge is -2.09. The molecule has 2 aromatic carbocycles. The van der Waals surface area contributed by atoms with Crippen LogP contribution in [0.3, 0.4) is 0 Å². The zero-order valence-corrected chi connectivity index (χ0v) is 16.1. The van der Waals surface area contributed by atoms with E-state index in [0.29, 0.717) is 21.5 Å². The number of fused-ring (bicyclic) bond motifs is 1. The first-order chi connectivity index (χ1) is 13.1. The van der Waals surface area contributed by atoms with Gasteiger partial charge in [0.2, 0.25) is 0 Å². The van der Waals surface area contributed by atoms with E-state index in [1.807, 2.05) is 59.3 Å². The number of ether oxygens (including phenoxy) is 1. The molecule has 4 aromatic rings. The van der Waals surface area contributed by atoms with E-state index in [1.54, 1.807) is 25.3 Å². The number of benzene rings is 2. The Morgan fingerprint density at radius 3 is 2.81 bits per heavy atom. The molecule has 27 heavy (non-hydrogen) atoms. The van der Waals surface area contributed by atoms with Crippen LogP contribution in [-0.4, -0.2) is 22.4 Å². The molecule has 134 valence electrons. The van der Waals surface area contributed by atoms with Gasteiger partial charge in [0.25, 0.3) is 5.91 Å². The minimum absolute atomic E-state index is 0.215. The zero-order chi connectivity index (χ0) is 18.8. The molecule has 0 bridgehead atoms. The summed E-state index contributed by atoms with van der Waals surface area (Å²) < 4.78 is 7.88. The molecule has 0 aliphatic rings. The van der Waals surface area contributed by atoms with E-state index in [-0.39, 0.29) is 5.91 Å². The average molecular weight is 422 g/mol. The van der Waals surface area contributed by atoms with Gasteiger partial charge >= 0.3 is 0 Å². The monoisotopic (exact) mass is 421 g/mol. The molecule has 0 aliphatic heterocycles. The van der Waals surface area contributed by atoms with Gasteiger partial charge in [-0.25, -0.2) is 4.98 Å². The number of rotatable bonds is 4.